The highest BCUT2D eigenvalue weighted by Crippen LogP contribution is 2.20. The minimum absolute atomic E-state index is 0.317. The maximum Gasteiger partial charge on any atom is 0.0802 e. The molecule has 1 aliphatic carbocycles. The predicted molar refractivity (Wildman–Crippen MR) is 57.0 cm³/mol. The largest absolute Gasteiger partial charge is 0.388 e. The molecule has 1 atom stereocenters. The van der Waals surface area contributed by atoms with Gasteiger partial charge in [0.25, 0.3) is 0 Å². The molecule has 2 N–H and O–H groups in total. The van der Waals surface area contributed by atoms with Crippen molar-refractivity contribution in [1.29, 1.82) is 0 Å². The molecule has 1 aromatic rings. The lowest BCUT2D eigenvalue weighted by Gasteiger charge is -2.10. The van der Waals surface area contributed by atoms with E-state index in [9.17, 15) is 5.11 Å². The van der Waals surface area contributed by atoms with Crippen molar-refractivity contribution >= 4 is 0 Å². The van der Waals surface area contributed by atoms with E-state index in [4.69, 9.17) is 0 Å². The van der Waals surface area contributed by atoms with Crippen LogP contribution in [0.15, 0.2) is 30.3 Å². The zero-order valence-corrected chi connectivity index (χ0v) is 8.32. The van der Waals surface area contributed by atoms with Crippen molar-refractivity contribution in [3.8, 4) is 0 Å². The van der Waals surface area contributed by atoms with Gasteiger partial charge in [0, 0.05) is 6.04 Å². The van der Waals surface area contributed by atoms with Gasteiger partial charge in [-0.2, -0.15) is 0 Å². The number of aliphatic hydroxyl groups is 1. The first-order valence-electron chi connectivity index (χ1n) is 5.32. The highest BCUT2D eigenvalue weighted by molar-refractivity contribution is 5.17. The van der Waals surface area contributed by atoms with Gasteiger partial charge in [-0.05, 0) is 31.4 Å². The Labute approximate surface area is 85.0 Å². The third kappa shape index (κ3) is 2.82. The fraction of sp³-hybridized carbons (Fsp3) is 0.500. The van der Waals surface area contributed by atoms with Gasteiger partial charge in [-0.25, -0.2) is 0 Å². The molecule has 0 saturated heterocycles. The Morgan fingerprint density at radius 1 is 1.29 bits per heavy atom. The van der Waals surface area contributed by atoms with E-state index < -0.39 is 0 Å². The van der Waals surface area contributed by atoms with Crippen molar-refractivity contribution in [1.82, 2.24) is 5.32 Å². The van der Waals surface area contributed by atoms with E-state index in [1.54, 1.807) is 0 Å². The van der Waals surface area contributed by atoms with Crippen LogP contribution in [-0.2, 0) is 0 Å². The second-order valence-electron chi connectivity index (χ2n) is 3.94. The Bertz CT molecular complexity index is 269. The van der Waals surface area contributed by atoms with Gasteiger partial charge in [0.1, 0.15) is 0 Å². The molecule has 0 heterocycles. The molecule has 0 radical (unpaired) electrons. The Morgan fingerprint density at radius 2 is 2.00 bits per heavy atom. The van der Waals surface area contributed by atoms with Crippen LogP contribution in [0.2, 0.25) is 0 Å². The zero-order valence-electron chi connectivity index (χ0n) is 8.32. The third-order valence-electron chi connectivity index (χ3n) is 2.61. The topological polar surface area (TPSA) is 32.3 Å². The van der Waals surface area contributed by atoms with Crippen LogP contribution in [-0.4, -0.2) is 17.7 Å². The first-order valence-corrected chi connectivity index (χ1v) is 5.32. The molecule has 2 heteroatoms. The highest BCUT2D eigenvalue weighted by atomic mass is 16.3. The summed E-state index contributed by atoms with van der Waals surface area (Å²) in [5.74, 6) is 0. The number of rotatable bonds is 5. The van der Waals surface area contributed by atoms with E-state index in [2.05, 4.69) is 5.32 Å². The van der Waals surface area contributed by atoms with Crippen molar-refractivity contribution in [2.45, 2.75) is 31.4 Å². The predicted octanol–water partition coefficient (Wildman–Crippen LogP) is 1.86. The Balaban J connectivity index is 1.74. The lowest BCUT2D eigenvalue weighted by atomic mass is 10.1. The summed E-state index contributed by atoms with van der Waals surface area (Å²) in [5.41, 5.74) is 1.02. The summed E-state index contributed by atoms with van der Waals surface area (Å²) < 4.78 is 0. The molecule has 1 fully saturated rings. The molecule has 2 nitrogen and oxygen atoms in total. The fourth-order valence-corrected chi connectivity index (χ4v) is 1.55. The molecule has 1 aliphatic rings. The van der Waals surface area contributed by atoms with Crippen molar-refractivity contribution < 1.29 is 5.11 Å². The van der Waals surface area contributed by atoms with Crippen LogP contribution < -0.4 is 5.32 Å². The summed E-state index contributed by atoms with van der Waals surface area (Å²) in [6, 6.07) is 10.6. The minimum atomic E-state index is -0.317. The van der Waals surface area contributed by atoms with E-state index in [1.165, 1.54) is 12.8 Å². The molecular weight excluding hydrogens is 174 g/mol. The molecule has 0 amide bonds. The van der Waals surface area contributed by atoms with Crippen LogP contribution in [0.25, 0.3) is 0 Å². The van der Waals surface area contributed by atoms with Gasteiger partial charge in [-0.1, -0.05) is 30.3 Å². The van der Waals surface area contributed by atoms with Gasteiger partial charge < -0.3 is 10.4 Å². The van der Waals surface area contributed by atoms with Crippen LogP contribution in [0.4, 0.5) is 0 Å². The average Bonchev–Trinajstić information content (AvgIpc) is 3.03. The van der Waals surface area contributed by atoms with Crippen molar-refractivity contribution in [2.24, 2.45) is 0 Å². The van der Waals surface area contributed by atoms with E-state index in [0.29, 0.717) is 0 Å². The summed E-state index contributed by atoms with van der Waals surface area (Å²) >= 11 is 0. The summed E-state index contributed by atoms with van der Waals surface area (Å²) in [7, 11) is 0. The number of benzene rings is 1. The Kier molecular flexibility index (Phi) is 3.17. The van der Waals surface area contributed by atoms with Crippen molar-refractivity contribution in [3.63, 3.8) is 0 Å². The molecule has 2 rings (SSSR count). The normalized spacial score (nSPS) is 18.1. The minimum Gasteiger partial charge on any atom is -0.388 e. The molecule has 1 aromatic carbocycles. The monoisotopic (exact) mass is 191 g/mol. The van der Waals surface area contributed by atoms with Crippen LogP contribution in [0, 0.1) is 0 Å². The maximum atomic E-state index is 9.81. The van der Waals surface area contributed by atoms with Crippen LogP contribution in [0.1, 0.15) is 30.9 Å². The summed E-state index contributed by atoms with van der Waals surface area (Å²) in [5, 5.41) is 13.2. The highest BCUT2D eigenvalue weighted by Gasteiger charge is 2.20. The molecule has 0 bridgehead atoms. The molecule has 0 aromatic heterocycles. The van der Waals surface area contributed by atoms with Crippen LogP contribution in [0.3, 0.4) is 0 Å². The van der Waals surface area contributed by atoms with Crippen LogP contribution >= 0.6 is 0 Å². The lowest BCUT2D eigenvalue weighted by Crippen LogP contribution is -2.19. The number of hydrogen-bond donors (Lipinski definition) is 2. The van der Waals surface area contributed by atoms with Gasteiger partial charge in [0.15, 0.2) is 0 Å². The summed E-state index contributed by atoms with van der Waals surface area (Å²) in [6.07, 6.45) is 3.10. The quantitative estimate of drug-likeness (QED) is 0.744. The molecule has 1 unspecified atom stereocenters. The SMILES string of the molecule is OC(CCNC1CC1)c1ccccc1. The van der Waals surface area contributed by atoms with Gasteiger partial charge in [-0.3, -0.25) is 0 Å². The van der Waals surface area contributed by atoms with E-state index >= 15 is 0 Å². The van der Waals surface area contributed by atoms with E-state index in [1.807, 2.05) is 30.3 Å². The molecule has 1 saturated carbocycles. The number of nitrogens with one attached hydrogen (secondary N) is 1. The van der Waals surface area contributed by atoms with Crippen LogP contribution in [0.5, 0.6) is 0 Å². The smallest absolute Gasteiger partial charge is 0.0802 e. The number of aliphatic hydroxyl groups excluding tert-OH is 1. The van der Waals surface area contributed by atoms with Crippen molar-refractivity contribution in [3.05, 3.63) is 35.9 Å². The standard InChI is InChI=1S/C12H17NO/c14-12(8-9-13-11-6-7-11)10-4-2-1-3-5-10/h1-5,11-14H,6-9H2. The molecule has 0 aliphatic heterocycles. The third-order valence-corrected chi connectivity index (χ3v) is 2.61. The van der Waals surface area contributed by atoms with Gasteiger partial charge in [0.05, 0.1) is 6.10 Å². The first-order chi connectivity index (χ1) is 6.86. The summed E-state index contributed by atoms with van der Waals surface area (Å²) in [4.78, 5) is 0. The van der Waals surface area contributed by atoms with Gasteiger partial charge in [0.2, 0.25) is 0 Å². The van der Waals surface area contributed by atoms with Gasteiger partial charge in [-0.15, -0.1) is 0 Å². The van der Waals surface area contributed by atoms with E-state index in [0.717, 1.165) is 24.6 Å². The molecule has 0 spiro atoms. The first kappa shape index (κ1) is 9.69. The second-order valence-corrected chi connectivity index (χ2v) is 3.94. The Hall–Kier alpha value is -0.860. The van der Waals surface area contributed by atoms with E-state index in [-0.39, 0.29) is 6.10 Å². The molecular formula is C12H17NO. The second kappa shape index (κ2) is 4.58. The number of hydrogen-bond acceptors (Lipinski definition) is 2. The molecule has 76 valence electrons. The fourth-order valence-electron chi connectivity index (χ4n) is 1.55. The maximum absolute atomic E-state index is 9.81. The Morgan fingerprint density at radius 3 is 2.64 bits per heavy atom. The summed E-state index contributed by atoms with van der Waals surface area (Å²) in [6.45, 7) is 0.917. The van der Waals surface area contributed by atoms with Gasteiger partial charge >= 0.3 is 0 Å². The molecule has 14 heavy (non-hydrogen) atoms. The zero-order chi connectivity index (χ0) is 9.80. The van der Waals surface area contributed by atoms with Crippen molar-refractivity contribution in [2.75, 3.05) is 6.54 Å². The average molecular weight is 191 g/mol. The lowest BCUT2D eigenvalue weighted by molar-refractivity contribution is 0.167.